The van der Waals surface area contributed by atoms with Crippen LogP contribution in [0.5, 0.6) is 0 Å². The molecule has 0 radical (unpaired) electrons. The summed E-state index contributed by atoms with van der Waals surface area (Å²) in [6, 6.07) is 0. The number of hydrogen-bond donors (Lipinski definition) is 2. The maximum Gasteiger partial charge on any atom is 0.407 e. The van der Waals surface area contributed by atoms with Crippen molar-refractivity contribution in [3.8, 4) is 0 Å². The van der Waals surface area contributed by atoms with Crippen molar-refractivity contribution in [3.05, 3.63) is 0 Å². The molecule has 0 atom stereocenters. The first kappa shape index (κ1) is 15.7. The van der Waals surface area contributed by atoms with Crippen LogP contribution in [0.25, 0.3) is 0 Å². The summed E-state index contributed by atoms with van der Waals surface area (Å²) in [5.41, 5.74) is 0. The average molecular weight is 245 g/mol. The summed E-state index contributed by atoms with van der Waals surface area (Å²) in [7, 11) is 0. The number of nitrogens with one attached hydrogen (secondary N) is 1. The summed E-state index contributed by atoms with van der Waals surface area (Å²) in [5, 5.41) is 11.1. The maximum atomic E-state index is 11.1. The number of alkyl carbamates (subject to hydrolysis) is 1. The predicted octanol–water partition coefficient (Wildman–Crippen LogP) is 2.55. The lowest BCUT2D eigenvalue weighted by atomic mass is 10.1. The number of ether oxygens (including phenoxy) is 1. The van der Waals surface area contributed by atoms with Crippen molar-refractivity contribution in [1.29, 1.82) is 0 Å². The highest BCUT2D eigenvalue weighted by Crippen LogP contribution is 2.04. The van der Waals surface area contributed by atoms with Crippen molar-refractivity contribution in [2.75, 3.05) is 6.54 Å². The zero-order valence-electron chi connectivity index (χ0n) is 10.7. The second kappa shape index (κ2) is 9.93. The molecular formula is C12H23NO4. The first-order chi connectivity index (χ1) is 8.02. The monoisotopic (exact) mass is 245 g/mol. The lowest BCUT2D eigenvalue weighted by Crippen LogP contribution is -2.27. The normalized spacial score (nSPS) is 10.3. The van der Waals surface area contributed by atoms with Crippen LogP contribution in [-0.4, -0.2) is 29.8 Å². The Morgan fingerprint density at radius 2 is 1.71 bits per heavy atom. The fourth-order valence-corrected chi connectivity index (χ4v) is 1.38. The first-order valence-electron chi connectivity index (χ1n) is 6.18. The van der Waals surface area contributed by atoms with Gasteiger partial charge in [-0.3, -0.25) is 4.79 Å². The Balaban J connectivity index is 3.18. The van der Waals surface area contributed by atoms with E-state index < -0.39 is 5.97 Å². The summed E-state index contributed by atoms with van der Waals surface area (Å²) in [6.45, 7) is 4.23. The summed E-state index contributed by atoms with van der Waals surface area (Å²) in [4.78, 5) is 21.3. The molecule has 0 bridgehead atoms. The van der Waals surface area contributed by atoms with Crippen molar-refractivity contribution in [3.63, 3.8) is 0 Å². The van der Waals surface area contributed by atoms with Crippen molar-refractivity contribution in [2.24, 2.45) is 0 Å². The van der Waals surface area contributed by atoms with Crippen LogP contribution < -0.4 is 5.32 Å². The van der Waals surface area contributed by atoms with Gasteiger partial charge in [0, 0.05) is 13.0 Å². The number of carbonyl (C=O) groups excluding carboxylic acids is 1. The molecule has 0 saturated carbocycles. The molecule has 1 amide bonds. The highest BCUT2D eigenvalue weighted by molar-refractivity contribution is 5.67. The van der Waals surface area contributed by atoms with Crippen molar-refractivity contribution < 1.29 is 19.4 Å². The van der Waals surface area contributed by atoms with Gasteiger partial charge in [-0.15, -0.1) is 0 Å². The quantitative estimate of drug-likeness (QED) is 0.612. The smallest absolute Gasteiger partial charge is 0.407 e. The third-order valence-corrected chi connectivity index (χ3v) is 2.18. The van der Waals surface area contributed by atoms with Crippen LogP contribution in [0, 0.1) is 0 Å². The minimum atomic E-state index is -0.733. The van der Waals surface area contributed by atoms with Crippen molar-refractivity contribution in [1.82, 2.24) is 5.32 Å². The molecule has 0 fully saturated rings. The number of carboxylic acid groups (broad SMARTS) is 1. The van der Waals surface area contributed by atoms with E-state index in [1.165, 1.54) is 0 Å². The molecule has 0 aliphatic heterocycles. The minimum Gasteiger partial charge on any atom is -0.481 e. The van der Waals surface area contributed by atoms with Gasteiger partial charge >= 0.3 is 12.1 Å². The van der Waals surface area contributed by atoms with E-state index in [-0.39, 0.29) is 18.6 Å². The molecule has 100 valence electrons. The number of aliphatic carboxylic acids is 1. The molecule has 0 rings (SSSR count). The van der Waals surface area contributed by atoms with E-state index in [9.17, 15) is 9.59 Å². The third kappa shape index (κ3) is 12.7. The fourth-order valence-electron chi connectivity index (χ4n) is 1.38. The van der Waals surface area contributed by atoms with E-state index in [1.807, 2.05) is 13.8 Å². The average Bonchev–Trinajstić information content (AvgIpc) is 2.20. The van der Waals surface area contributed by atoms with Crippen LogP contribution in [0.3, 0.4) is 0 Å². The minimum absolute atomic E-state index is 0.0916. The summed E-state index contributed by atoms with van der Waals surface area (Å²) < 4.78 is 4.91. The lowest BCUT2D eigenvalue weighted by molar-refractivity contribution is -0.137. The Labute approximate surface area is 103 Å². The van der Waals surface area contributed by atoms with Crippen LogP contribution in [0.1, 0.15) is 52.4 Å². The van der Waals surface area contributed by atoms with Crippen molar-refractivity contribution >= 4 is 12.1 Å². The molecule has 0 aliphatic carbocycles. The molecular weight excluding hydrogens is 222 g/mol. The maximum absolute atomic E-state index is 11.1. The molecule has 0 unspecified atom stereocenters. The number of rotatable bonds is 9. The van der Waals surface area contributed by atoms with Gasteiger partial charge in [0.2, 0.25) is 0 Å². The molecule has 2 N–H and O–H groups in total. The Morgan fingerprint density at radius 1 is 1.12 bits per heavy atom. The molecule has 0 heterocycles. The van der Waals surface area contributed by atoms with Gasteiger partial charge in [-0.1, -0.05) is 19.3 Å². The molecule has 0 aromatic carbocycles. The third-order valence-electron chi connectivity index (χ3n) is 2.18. The molecule has 17 heavy (non-hydrogen) atoms. The highest BCUT2D eigenvalue weighted by Gasteiger charge is 2.02. The van der Waals surface area contributed by atoms with Crippen LogP contribution in [0.4, 0.5) is 4.79 Å². The van der Waals surface area contributed by atoms with Crippen LogP contribution >= 0.6 is 0 Å². The largest absolute Gasteiger partial charge is 0.481 e. The summed E-state index contributed by atoms with van der Waals surface area (Å²) in [6.07, 6.45) is 4.37. The number of carbonyl (C=O) groups is 2. The second-order valence-corrected chi connectivity index (χ2v) is 4.29. The molecule has 0 aromatic rings. The van der Waals surface area contributed by atoms with Gasteiger partial charge < -0.3 is 15.2 Å². The van der Waals surface area contributed by atoms with Gasteiger partial charge in [-0.25, -0.2) is 4.79 Å². The van der Waals surface area contributed by atoms with E-state index >= 15 is 0 Å². The Kier molecular flexibility index (Phi) is 9.19. The number of amides is 1. The van der Waals surface area contributed by atoms with E-state index in [0.29, 0.717) is 6.54 Å². The van der Waals surface area contributed by atoms with Gasteiger partial charge in [-0.05, 0) is 26.7 Å². The van der Waals surface area contributed by atoms with Crippen LogP contribution in [0.2, 0.25) is 0 Å². The van der Waals surface area contributed by atoms with Crippen LogP contribution in [-0.2, 0) is 9.53 Å². The van der Waals surface area contributed by atoms with Gasteiger partial charge in [-0.2, -0.15) is 0 Å². The molecule has 0 saturated heterocycles. The van der Waals surface area contributed by atoms with Gasteiger partial charge in [0.05, 0.1) is 6.10 Å². The summed E-state index contributed by atoms with van der Waals surface area (Å²) >= 11 is 0. The Bertz CT molecular complexity index is 229. The lowest BCUT2D eigenvalue weighted by Gasteiger charge is -2.09. The molecule has 5 nitrogen and oxygen atoms in total. The summed E-state index contributed by atoms with van der Waals surface area (Å²) in [5.74, 6) is -0.733. The van der Waals surface area contributed by atoms with Gasteiger partial charge in [0.25, 0.3) is 0 Å². The van der Waals surface area contributed by atoms with Gasteiger partial charge in [0.1, 0.15) is 0 Å². The Hall–Kier alpha value is -1.26. The van der Waals surface area contributed by atoms with E-state index in [2.05, 4.69) is 5.32 Å². The Morgan fingerprint density at radius 3 is 2.29 bits per heavy atom. The molecule has 0 spiro atoms. The number of carboxylic acids is 1. The second-order valence-electron chi connectivity index (χ2n) is 4.29. The molecule has 0 aromatic heterocycles. The van der Waals surface area contributed by atoms with Crippen LogP contribution in [0.15, 0.2) is 0 Å². The number of hydrogen-bond acceptors (Lipinski definition) is 3. The van der Waals surface area contributed by atoms with E-state index in [0.717, 1.165) is 32.1 Å². The standard InChI is InChI=1S/C12H23NO4/c1-10(2)17-12(16)13-9-7-5-3-4-6-8-11(14)15/h10H,3-9H2,1-2H3,(H,13,16)(H,14,15). The van der Waals surface area contributed by atoms with Gasteiger partial charge in [0.15, 0.2) is 0 Å². The molecule has 5 heteroatoms. The highest BCUT2D eigenvalue weighted by atomic mass is 16.6. The molecule has 0 aliphatic rings. The van der Waals surface area contributed by atoms with Crippen molar-refractivity contribution in [2.45, 2.75) is 58.5 Å². The number of unbranched alkanes of at least 4 members (excludes halogenated alkanes) is 4. The first-order valence-corrected chi connectivity index (χ1v) is 6.18. The van der Waals surface area contributed by atoms with E-state index in [4.69, 9.17) is 9.84 Å². The predicted molar refractivity (Wildman–Crippen MR) is 65.0 cm³/mol. The SMILES string of the molecule is CC(C)OC(=O)NCCCCCCCC(=O)O. The van der Waals surface area contributed by atoms with E-state index in [1.54, 1.807) is 0 Å². The zero-order valence-corrected chi connectivity index (χ0v) is 10.7. The topological polar surface area (TPSA) is 75.6 Å². The fraction of sp³-hybridized carbons (Fsp3) is 0.833. The zero-order chi connectivity index (χ0) is 13.1.